The highest BCUT2D eigenvalue weighted by Crippen LogP contribution is 2.13. The Kier molecular flexibility index (Phi) is 5.78. The van der Waals surface area contributed by atoms with E-state index in [4.69, 9.17) is 12.2 Å². The highest BCUT2D eigenvalue weighted by Gasteiger charge is 1.95. The lowest BCUT2D eigenvalue weighted by molar-refractivity contribution is 1.05. The molecule has 2 aromatic rings. The molecular weight excluding hydrogens is 298 g/mol. The van der Waals surface area contributed by atoms with Crippen LogP contribution in [-0.4, -0.2) is 17.6 Å². The zero-order valence-electron chi connectivity index (χ0n) is 12.0. The van der Waals surface area contributed by atoms with Gasteiger partial charge in [-0.1, -0.05) is 29.8 Å². The van der Waals surface area contributed by atoms with Crippen LogP contribution in [0, 0.1) is 6.92 Å². The third-order valence-corrected chi connectivity index (χ3v) is 3.74. The molecule has 0 radical (unpaired) electrons. The van der Waals surface area contributed by atoms with E-state index >= 15 is 0 Å². The first-order valence-corrected chi connectivity index (χ1v) is 8.11. The summed E-state index contributed by atoms with van der Waals surface area (Å²) in [6.07, 6.45) is 3.80. The number of hydrazone groups is 1. The lowest BCUT2D eigenvalue weighted by atomic mass is 10.2. The Balaban J connectivity index is 1.85. The fraction of sp³-hybridized carbons (Fsp3) is 0.125. The average Bonchev–Trinajstić information content (AvgIpc) is 2.50. The maximum absolute atomic E-state index is 5.18. The molecule has 3 nitrogen and oxygen atoms in total. The van der Waals surface area contributed by atoms with E-state index in [1.165, 1.54) is 10.5 Å². The maximum Gasteiger partial charge on any atom is 0.191 e. The molecule has 0 spiro atoms. The Morgan fingerprint density at radius 1 is 1.10 bits per heavy atom. The second-order valence-corrected chi connectivity index (χ2v) is 5.75. The number of thioether (sulfide) groups is 1. The van der Waals surface area contributed by atoms with Gasteiger partial charge in [-0.05, 0) is 55.2 Å². The Bertz CT molecular complexity index is 619. The normalized spacial score (nSPS) is 10.6. The van der Waals surface area contributed by atoms with Crippen LogP contribution in [-0.2, 0) is 0 Å². The summed E-state index contributed by atoms with van der Waals surface area (Å²) < 4.78 is 0. The third kappa shape index (κ3) is 5.21. The van der Waals surface area contributed by atoms with E-state index in [1.54, 1.807) is 18.0 Å². The first-order valence-electron chi connectivity index (χ1n) is 6.48. The number of rotatable bonds is 4. The van der Waals surface area contributed by atoms with Crippen LogP contribution in [0.1, 0.15) is 11.1 Å². The first-order chi connectivity index (χ1) is 10.2. The van der Waals surface area contributed by atoms with Crippen molar-refractivity contribution in [2.24, 2.45) is 5.10 Å². The lowest BCUT2D eigenvalue weighted by Gasteiger charge is -2.06. The zero-order valence-corrected chi connectivity index (χ0v) is 13.6. The molecule has 0 atom stereocenters. The predicted molar refractivity (Wildman–Crippen MR) is 96.4 cm³/mol. The van der Waals surface area contributed by atoms with E-state index in [1.807, 2.05) is 43.3 Å². The highest BCUT2D eigenvalue weighted by molar-refractivity contribution is 7.98. The highest BCUT2D eigenvalue weighted by atomic mass is 32.2. The Morgan fingerprint density at radius 3 is 2.38 bits per heavy atom. The molecule has 0 heterocycles. The minimum absolute atomic E-state index is 0.468. The van der Waals surface area contributed by atoms with E-state index < -0.39 is 0 Å². The molecule has 5 heteroatoms. The van der Waals surface area contributed by atoms with Crippen molar-refractivity contribution >= 4 is 41.0 Å². The SMILES string of the molecule is CSc1ccc(/C=N/NC(=S)Nc2ccc(C)cc2)cc1. The molecule has 0 amide bonds. The van der Waals surface area contributed by atoms with Crippen molar-refractivity contribution in [1.29, 1.82) is 0 Å². The molecule has 0 bridgehead atoms. The van der Waals surface area contributed by atoms with E-state index in [9.17, 15) is 0 Å². The van der Waals surface area contributed by atoms with Gasteiger partial charge >= 0.3 is 0 Å². The molecule has 0 saturated heterocycles. The van der Waals surface area contributed by atoms with Gasteiger partial charge in [-0.2, -0.15) is 5.10 Å². The predicted octanol–water partition coefficient (Wildman–Crippen LogP) is 4.04. The largest absolute Gasteiger partial charge is 0.331 e. The number of thiocarbonyl (C=S) groups is 1. The number of nitrogens with one attached hydrogen (secondary N) is 2. The summed E-state index contributed by atoms with van der Waals surface area (Å²) in [5, 5.41) is 7.67. The van der Waals surface area contributed by atoms with Gasteiger partial charge in [-0.3, -0.25) is 5.43 Å². The fourth-order valence-corrected chi connectivity index (χ4v) is 2.23. The molecule has 0 fully saturated rings. The van der Waals surface area contributed by atoms with Gasteiger partial charge < -0.3 is 5.32 Å². The molecular formula is C16H17N3S2. The summed E-state index contributed by atoms with van der Waals surface area (Å²) in [6.45, 7) is 2.05. The average molecular weight is 315 g/mol. The molecule has 0 saturated carbocycles. The van der Waals surface area contributed by atoms with Crippen molar-refractivity contribution in [2.75, 3.05) is 11.6 Å². The first kappa shape index (κ1) is 15.5. The quantitative estimate of drug-likeness (QED) is 0.386. The van der Waals surface area contributed by atoms with E-state index in [0.29, 0.717) is 5.11 Å². The van der Waals surface area contributed by atoms with Gasteiger partial charge in [-0.15, -0.1) is 11.8 Å². The van der Waals surface area contributed by atoms with Gasteiger partial charge in [0.05, 0.1) is 6.21 Å². The van der Waals surface area contributed by atoms with Crippen LogP contribution in [0.4, 0.5) is 5.69 Å². The smallest absolute Gasteiger partial charge is 0.191 e. The summed E-state index contributed by atoms with van der Waals surface area (Å²) in [6, 6.07) is 16.2. The maximum atomic E-state index is 5.18. The second-order valence-electron chi connectivity index (χ2n) is 4.46. The van der Waals surface area contributed by atoms with Crippen LogP contribution in [0.25, 0.3) is 0 Å². The third-order valence-electron chi connectivity index (χ3n) is 2.80. The van der Waals surface area contributed by atoms with Crippen LogP contribution in [0.2, 0.25) is 0 Å². The van der Waals surface area contributed by atoms with Crippen molar-refractivity contribution in [2.45, 2.75) is 11.8 Å². The van der Waals surface area contributed by atoms with Gasteiger partial charge in [0.2, 0.25) is 0 Å². The van der Waals surface area contributed by atoms with Crippen molar-refractivity contribution in [3.8, 4) is 0 Å². The van der Waals surface area contributed by atoms with Gasteiger partial charge in [0.15, 0.2) is 5.11 Å². The Morgan fingerprint density at radius 2 is 1.76 bits per heavy atom. The van der Waals surface area contributed by atoms with E-state index in [0.717, 1.165) is 11.3 Å². The topological polar surface area (TPSA) is 36.4 Å². The van der Waals surface area contributed by atoms with E-state index in [-0.39, 0.29) is 0 Å². The number of anilines is 1. The van der Waals surface area contributed by atoms with Gasteiger partial charge in [-0.25, -0.2) is 0 Å². The summed E-state index contributed by atoms with van der Waals surface area (Å²) in [5.74, 6) is 0. The minimum atomic E-state index is 0.468. The summed E-state index contributed by atoms with van der Waals surface area (Å²) >= 11 is 6.90. The minimum Gasteiger partial charge on any atom is -0.331 e. The monoisotopic (exact) mass is 315 g/mol. The molecule has 0 aliphatic heterocycles. The van der Waals surface area contributed by atoms with Crippen LogP contribution in [0.5, 0.6) is 0 Å². The summed E-state index contributed by atoms with van der Waals surface area (Å²) in [4.78, 5) is 1.23. The standard InChI is InChI=1S/C16H17N3S2/c1-12-3-7-14(8-4-12)18-16(20)19-17-11-13-5-9-15(21-2)10-6-13/h3-11H,1-2H3,(H2,18,19,20)/b17-11+. The number of hydrogen-bond donors (Lipinski definition) is 2. The van der Waals surface area contributed by atoms with Crippen LogP contribution >= 0.6 is 24.0 Å². The van der Waals surface area contributed by atoms with Gasteiger partial charge in [0.25, 0.3) is 0 Å². The number of benzene rings is 2. The fourth-order valence-electron chi connectivity index (χ4n) is 1.65. The van der Waals surface area contributed by atoms with E-state index in [2.05, 4.69) is 34.2 Å². The molecule has 0 aromatic heterocycles. The van der Waals surface area contributed by atoms with Crippen molar-refractivity contribution in [3.05, 3.63) is 59.7 Å². The molecule has 0 unspecified atom stereocenters. The molecule has 0 aliphatic rings. The number of aryl methyl sites for hydroxylation is 1. The van der Waals surface area contributed by atoms with Crippen molar-refractivity contribution in [3.63, 3.8) is 0 Å². The van der Waals surface area contributed by atoms with Crippen LogP contribution in [0.15, 0.2) is 58.5 Å². The van der Waals surface area contributed by atoms with Gasteiger partial charge in [0, 0.05) is 10.6 Å². The summed E-state index contributed by atoms with van der Waals surface area (Å²) in [5.41, 5.74) is 5.99. The van der Waals surface area contributed by atoms with Gasteiger partial charge in [0.1, 0.15) is 0 Å². The molecule has 21 heavy (non-hydrogen) atoms. The molecule has 0 aliphatic carbocycles. The zero-order chi connectivity index (χ0) is 15.1. The Labute approximate surface area is 134 Å². The number of nitrogens with zero attached hydrogens (tertiary/aromatic N) is 1. The molecule has 108 valence electrons. The van der Waals surface area contributed by atoms with Crippen molar-refractivity contribution < 1.29 is 0 Å². The molecule has 2 N–H and O–H groups in total. The second kappa shape index (κ2) is 7.81. The number of hydrogen-bond acceptors (Lipinski definition) is 3. The molecule has 2 rings (SSSR count). The lowest BCUT2D eigenvalue weighted by Crippen LogP contribution is -2.23. The Hall–Kier alpha value is -1.85. The van der Waals surface area contributed by atoms with Crippen LogP contribution in [0.3, 0.4) is 0 Å². The van der Waals surface area contributed by atoms with Crippen LogP contribution < -0.4 is 10.7 Å². The molecule has 2 aromatic carbocycles. The summed E-state index contributed by atoms with van der Waals surface area (Å²) in [7, 11) is 0. The van der Waals surface area contributed by atoms with Crippen molar-refractivity contribution in [1.82, 2.24) is 5.43 Å².